The number of aryl methyl sites for hydroxylation is 1. The van der Waals surface area contributed by atoms with Crippen molar-refractivity contribution < 1.29 is 24.2 Å². The van der Waals surface area contributed by atoms with Gasteiger partial charge in [-0.1, -0.05) is 0 Å². The summed E-state index contributed by atoms with van der Waals surface area (Å²) in [6.07, 6.45) is 0.343. The standard InChI is InChI=1S/C16H22N4O5/c1-3-25-15(22)14(21)19-12-5-4-10(2)17-13(12)18-11-6-8-20(9-7-11)16(23)24/h4-5,11H,3,6-9H2,1-2H3,(H,17,18)(H,19,21)(H,23,24). The van der Waals surface area contributed by atoms with E-state index in [-0.39, 0.29) is 12.6 Å². The van der Waals surface area contributed by atoms with E-state index in [0.717, 1.165) is 5.69 Å². The number of anilines is 2. The van der Waals surface area contributed by atoms with Crippen LogP contribution in [0.5, 0.6) is 0 Å². The summed E-state index contributed by atoms with van der Waals surface area (Å²) in [5.41, 5.74) is 1.13. The van der Waals surface area contributed by atoms with Crippen molar-refractivity contribution in [1.29, 1.82) is 0 Å². The lowest BCUT2D eigenvalue weighted by atomic mass is 10.1. The Morgan fingerprint density at radius 2 is 2.00 bits per heavy atom. The van der Waals surface area contributed by atoms with Gasteiger partial charge in [0.15, 0.2) is 0 Å². The molecule has 2 rings (SSSR count). The summed E-state index contributed by atoms with van der Waals surface area (Å²) in [5, 5.41) is 14.7. The van der Waals surface area contributed by atoms with Crippen LogP contribution in [0, 0.1) is 6.92 Å². The zero-order valence-electron chi connectivity index (χ0n) is 14.2. The van der Waals surface area contributed by atoms with Crippen molar-refractivity contribution in [2.24, 2.45) is 0 Å². The van der Waals surface area contributed by atoms with Gasteiger partial charge in [0.2, 0.25) is 0 Å². The third kappa shape index (κ3) is 5.07. The zero-order chi connectivity index (χ0) is 18.4. The van der Waals surface area contributed by atoms with Gasteiger partial charge in [0, 0.05) is 24.8 Å². The number of hydrogen-bond acceptors (Lipinski definition) is 6. The molecule has 0 spiro atoms. The van der Waals surface area contributed by atoms with E-state index in [4.69, 9.17) is 5.11 Å². The fourth-order valence-electron chi connectivity index (χ4n) is 2.55. The Morgan fingerprint density at radius 1 is 1.32 bits per heavy atom. The summed E-state index contributed by atoms with van der Waals surface area (Å²) < 4.78 is 4.67. The summed E-state index contributed by atoms with van der Waals surface area (Å²) in [5.74, 6) is -1.37. The molecule has 1 fully saturated rings. The normalized spacial score (nSPS) is 14.7. The van der Waals surface area contributed by atoms with Crippen molar-refractivity contribution in [2.75, 3.05) is 30.3 Å². The highest BCUT2D eigenvalue weighted by molar-refractivity contribution is 6.37. The largest absolute Gasteiger partial charge is 0.465 e. The highest BCUT2D eigenvalue weighted by Gasteiger charge is 2.24. The van der Waals surface area contributed by atoms with E-state index >= 15 is 0 Å². The zero-order valence-corrected chi connectivity index (χ0v) is 14.2. The molecule has 9 nitrogen and oxygen atoms in total. The van der Waals surface area contributed by atoms with Crippen molar-refractivity contribution in [3.05, 3.63) is 17.8 Å². The number of nitrogens with zero attached hydrogens (tertiary/aromatic N) is 2. The molecule has 0 aliphatic carbocycles. The molecule has 9 heteroatoms. The van der Waals surface area contributed by atoms with Gasteiger partial charge in [-0.2, -0.15) is 0 Å². The topological polar surface area (TPSA) is 121 Å². The molecule has 1 aromatic rings. The Balaban J connectivity index is 2.05. The first-order valence-electron chi connectivity index (χ1n) is 8.11. The van der Waals surface area contributed by atoms with Crippen LogP contribution < -0.4 is 10.6 Å². The van der Waals surface area contributed by atoms with Crippen LogP contribution in [0.4, 0.5) is 16.3 Å². The van der Waals surface area contributed by atoms with E-state index in [9.17, 15) is 14.4 Å². The maximum Gasteiger partial charge on any atom is 0.407 e. The monoisotopic (exact) mass is 350 g/mol. The number of esters is 1. The van der Waals surface area contributed by atoms with Crippen LogP contribution >= 0.6 is 0 Å². The molecule has 0 bridgehead atoms. The maximum absolute atomic E-state index is 11.8. The van der Waals surface area contributed by atoms with Crippen molar-refractivity contribution in [2.45, 2.75) is 32.7 Å². The van der Waals surface area contributed by atoms with Gasteiger partial charge in [-0.25, -0.2) is 14.6 Å². The van der Waals surface area contributed by atoms with E-state index in [0.29, 0.717) is 37.4 Å². The van der Waals surface area contributed by atoms with Crippen molar-refractivity contribution >= 4 is 29.5 Å². The molecule has 1 aliphatic rings. The minimum Gasteiger partial charge on any atom is -0.465 e. The van der Waals surface area contributed by atoms with Gasteiger partial charge in [-0.05, 0) is 38.8 Å². The van der Waals surface area contributed by atoms with E-state index in [1.807, 2.05) is 6.92 Å². The molecule has 136 valence electrons. The Bertz CT molecular complexity index is 656. The van der Waals surface area contributed by atoms with Crippen molar-refractivity contribution in [3.8, 4) is 0 Å². The molecule has 3 N–H and O–H groups in total. The number of likely N-dealkylation sites (tertiary alicyclic amines) is 1. The average molecular weight is 350 g/mol. The molecule has 1 saturated heterocycles. The molecule has 2 amide bonds. The molecular weight excluding hydrogens is 328 g/mol. The Hall–Kier alpha value is -2.84. The number of aromatic nitrogens is 1. The minimum atomic E-state index is -0.955. The van der Waals surface area contributed by atoms with E-state index in [1.54, 1.807) is 19.1 Å². The fraction of sp³-hybridized carbons (Fsp3) is 0.500. The van der Waals surface area contributed by atoms with Gasteiger partial charge < -0.3 is 25.4 Å². The molecule has 2 heterocycles. The van der Waals surface area contributed by atoms with Gasteiger partial charge in [-0.3, -0.25) is 4.79 Å². The highest BCUT2D eigenvalue weighted by Crippen LogP contribution is 2.23. The first-order valence-corrected chi connectivity index (χ1v) is 8.11. The van der Waals surface area contributed by atoms with Gasteiger partial charge in [-0.15, -0.1) is 0 Å². The van der Waals surface area contributed by atoms with E-state index < -0.39 is 18.0 Å². The number of hydrogen-bond donors (Lipinski definition) is 3. The second-order valence-corrected chi connectivity index (χ2v) is 5.71. The van der Waals surface area contributed by atoms with Crippen molar-refractivity contribution in [1.82, 2.24) is 9.88 Å². The summed E-state index contributed by atoms with van der Waals surface area (Å²) in [7, 11) is 0. The molecule has 0 aromatic carbocycles. The Kier molecular flexibility index (Phi) is 6.15. The highest BCUT2D eigenvalue weighted by atomic mass is 16.5. The van der Waals surface area contributed by atoms with Gasteiger partial charge in [0.25, 0.3) is 0 Å². The number of pyridine rings is 1. The Labute approximate surface area is 145 Å². The second kappa shape index (κ2) is 8.32. The lowest BCUT2D eigenvalue weighted by Crippen LogP contribution is -2.41. The number of carbonyl (C=O) groups is 3. The third-order valence-electron chi connectivity index (χ3n) is 3.85. The molecule has 1 aliphatic heterocycles. The molecule has 0 unspecified atom stereocenters. The van der Waals surface area contributed by atoms with Crippen LogP contribution in [0.1, 0.15) is 25.5 Å². The average Bonchev–Trinajstić information content (AvgIpc) is 2.58. The number of nitrogens with one attached hydrogen (secondary N) is 2. The smallest absolute Gasteiger partial charge is 0.407 e. The number of carbonyl (C=O) groups excluding carboxylic acids is 2. The maximum atomic E-state index is 11.8. The lowest BCUT2D eigenvalue weighted by molar-refractivity contribution is -0.152. The lowest BCUT2D eigenvalue weighted by Gasteiger charge is -2.31. The quantitative estimate of drug-likeness (QED) is 0.555. The molecule has 25 heavy (non-hydrogen) atoms. The molecule has 1 aromatic heterocycles. The summed E-state index contributed by atoms with van der Waals surface area (Å²) in [6, 6.07) is 3.41. The summed E-state index contributed by atoms with van der Waals surface area (Å²) >= 11 is 0. The van der Waals surface area contributed by atoms with Crippen LogP contribution in [0.25, 0.3) is 0 Å². The predicted octanol–water partition coefficient (Wildman–Crippen LogP) is 1.45. The molecule has 0 saturated carbocycles. The van der Waals surface area contributed by atoms with Crippen LogP contribution in [0.2, 0.25) is 0 Å². The first-order chi connectivity index (χ1) is 11.9. The first kappa shape index (κ1) is 18.5. The van der Waals surface area contributed by atoms with Crippen molar-refractivity contribution in [3.63, 3.8) is 0 Å². The summed E-state index contributed by atoms with van der Waals surface area (Å²) in [4.78, 5) is 40.0. The van der Waals surface area contributed by atoms with Crippen LogP contribution in [0.3, 0.4) is 0 Å². The SMILES string of the molecule is CCOC(=O)C(=O)Nc1ccc(C)nc1NC1CCN(C(=O)O)CC1. The molecule has 0 atom stereocenters. The Morgan fingerprint density at radius 3 is 2.60 bits per heavy atom. The molecule has 0 radical (unpaired) electrons. The van der Waals surface area contributed by atoms with Gasteiger partial charge in [0.05, 0.1) is 12.3 Å². The predicted molar refractivity (Wildman–Crippen MR) is 90.5 cm³/mol. The number of piperidine rings is 1. The van der Waals surface area contributed by atoms with E-state index in [2.05, 4.69) is 20.4 Å². The molecular formula is C16H22N4O5. The minimum absolute atomic E-state index is 0.0307. The van der Waals surface area contributed by atoms with Crippen LogP contribution in [0.15, 0.2) is 12.1 Å². The van der Waals surface area contributed by atoms with Gasteiger partial charge in [0.1, 0.15) is 5.82 Å². The fourth-order valence-corrected chi connectivity index (χ4v) is 2.55. The third-order valence-corrected chi connectivity index (χ3v) is 3.85. The van der Waals surface area contributed by atoms with E-state index in [1.165, 1.54) is 4.90 Å². The number of rotatable bonds is 4. The second-order valence-electron chi connectivity index (χ2n) is 5.71. The van der Waals surface area contributed by atoms with Gasteiger partial charge >= 0.3 is 18.0 Å². The summed E-state index contributed by atoms with van der Waals surface area (Å²) in [6.45, 7) is 4.42. The number of carboxylic acid groups (broad SMARTS) is 1. The van der Waals surface area contributed by atoms with Crippen LogP contribution in [-0.2, 0) is 14.3 Å². The number of amides is 2. The van der Waals surface area contributed by atoms with Crippen LogP contribution in [-0.4, -0.2) is 58.7 Å². The number of ether oxygens (including phenoxy) is 1.